The molecule has 0 spiro atoms. The molecule has 0 atom stereocenters. The molecule has 0 fully saturated rings. The number of H-pyrrole nitrogens is 1. The fourth-order valence-electron chi connectivity index (χ4n) is 2.82. The van der Waals surface area contributed by atoms with Gasteiger partial charge in [-0.25, -0.2) is 14.6 Å². The van der Waals surface area contributed by atoms with Gasteiger partial charge in [-0.3, -0.25) is 0 Å². The highest BCUT2D eigenvalue weighted by molar-refractivity contribution is 6.05. The van der Waals surface area contributed by atoms with E-state index in [-0.39, 0.29) is 12.2 Å². The molecule has 0 amide bonds. The highest BCUT2D eigenvalue weighted by Gasteiger charge is 2.21. The van der Waals surface area contributed by atoms with Crippen molar-refractivity contribution in [2.45, 2.75) is 13.8 Å². The molecule has 1 aromatic heterocycles. The Bertz CT molecular complexity index is 1020. The number of nitrogens with one attached hydrogen (secondary N) is 2. The Hall–Kier alpha value is -3.61. The van der Waals surface area contributed by atoms with E-state index >= 15 is 0 Å². The van der Waals surface area contributed by atoms with Crippen LogP contribution < -0.4 is 15.0 Å². The minimum atomic E-state index is -1.00. The third-order valence-corrected chi connectivity index (χ3v) is 4.11. The lowest BCUT2D eigenvalue weighted by Crippen LogP contribution is -2.15. The van der Waals surface area contributed by atoms with Crippen molar-refractivity contribution in [1.29, 1.82) is 0 Å². The van der Waals surface area contributed by atoms with E-state index in [4.69, 9.17) is 14.6 Å². The molecule has 3 aromatic rings. The Morgan fingerprint density at radius 2 is 1.82 bits per heavy atom. The Labute approximate surface area is 161 Å². The van der Waals surface area contributed by atoms with Crippen molar-refractivity contribution >= 4 is 34.2 Å². The molecular weight excluding hydrogens is 360 g/mol. The van der Waals surface area contributed by atoms with Crippen molar-refractivity contribution in [2.24, 2.45) is 0 Å². The van der Waals surface area contributed by atoms with E-state index in [0.717, 1.165) is 10.9 Å². The topological polar surface area (TPSA) is 99.0 Å². The minimum absolute atomic E-state index is 0.182. The first-order valence-corrected chi connectivity index (χ1v) is 8.92. The Kier molecular flexibility index (Phi) is 5.74. The summed E-state index contributed by atoms with van der Waals surface area (Å²) in [5.74, 6) is -0.791. The quantitative estimate of drug-likeness (QED) is 0.606. The summed E-state index contributed by atoms with van der Waals surface area (Å²) in [6, 6.07) is 11.8. The van der Waals surface area contributed by atoms with Gasteiger partial charge in [-0.2, -0.15) is 0 Å². The van der Waals surface area contributed by atoms with Crippen LogP contribution in [0.5, 0.6) is 5.75 Å². The van der Waals surface area contributed by atoms with Crippen LogP contribution in [0.2, 0.25) is 0 Å². The third-order valence-electron chi connectivity index (χ3n) is 4.11. The van der Waals surface area contributed by atoms with Crippen LogP contribution in [0.3, 0.4) is 0 Å². The van der Waals surface area contributed by atoms with Gasteiger partial charge < -0.3 is 19.9 Å². The number of aromatic amines is 1. The molecule has 3 N–H and O–H groups in total. The molecule has 0 saturated carbocycles. The summed E-state index contributed by atoms with van der Waals surface area (Å²) in [7, 11) is 0. The molecule has 0 radical (unpaired) electrons. The predicted octanol–water partition coefficient (Wildman–Crippen LogP) is 3.67. The number of rotatable bonds is 7. The van der Waals surface area contributed by atoms with Crippen LogP contribution in [0.25, 0.3) is 10.9 Å². The molecule has 7 heteroatoms. The number of carbonyl (C=O) groups excluding carboxylic acids is 1. The summed E-state index contributed by atoms with van der Waals surface area (Å²) >= 11 is 0. The van der Waals surface area contributed by atoms with Gasteiger partial charge in [0.1, 0.15) is 11.3 Å². The molecule has 144 valence electrons. The summed E-state index contributed by atoms with van der Waals surface area (Å²) in [6.07, 6.45) is 1.59. The second-order valence-corrected chi connectivity index (χ2v) is 5.95. The highest BCUT2D eigenvalue weighted by Crippen LogP contribution is 2.31. The molecular formula is C21H21N2O5+. The van der Waals surface area contributed by atoms with Crippen LogP contribution in [0, 0.1) is 0 Å². The van der Waals surface area contributed by atoms with Crippen molar-refractivity contribution in [3.05, 3.63) is 59.8 Å². The number of carboxylic acids is 1. The first-order valence-electron chi connectivity index (χ1n) is 8.92. The molecule has 0 saturated heterocycles. The van der Waals surface area contributed by atoms with Gasteiger partial charge in [0.05, 0.1) is 29.9 Å². The second-order valence-electron chi connectivity index (χ2n) is 5.95. The summed E-state index contributed by atoms with van der Waals surface area (Å²) in [5, 5.41) is 13.0. The average Bonchev–Trinajstić information content (AvgIpc) is 2.69. The smallest absolute Gasteiger partial charge is 0.346 e. The molecule has 0 unspecified atom stereocenters. The zero-order valence-corrected chi connectivity index (χ0v) is 15.6. The first kappa shape index (κ1) is 19.2. The number of carboxylic acid groups (broad SMARTS) is 1. The number of fused-ring (bicyclic) bond motifs is 1. The number of carbonyl (C=O) groups is 2. The van der Waals surface area contributed by atoms with Crippen LogP contribution in [0.1, 0.15) is 34.6 Å². The number of hydrogen-bond donors (Lipinski definition) is 2. The Morgan fingerprint density at radius 3 is 2.46 bits per heavy atom. The summed E-state index contributed by atoms with van der Waals surface area (Å²) in [6.45, 7) is 4.41. The largest absolute Gasteiger partial charge is 0.494 e. The second kappa shape index (κ2) is 8.39. The van der Waals surface area contributed by atoms with Gasteiger partial charge in [0.2, 0.25) is 5.52 Å². The monoisotopic (exact) mass is 381 g/mol. The molecule has 0 bridgehead atoms. The maximum atomic E-state index is 12.5. The molecule has 0 aliphatic rings. The number of aromatic carboxylic acids is 1. The molecule has 28 heavy (non-hydrogen) atoms. The van der Waals surface area contributed by atoms with E-state index < -0.39 is 11.9 Å². The SMILES string of the molecule is CCOC(=O)c1c[nH+]c2ccc(OCC)cc2c1Nc1ccc(C(=O)O)cc1. The fourth-order valence-corrected chi connectivity index (χ4v) is 2.82. The summed E-state index contributed by atoms with van der Waals surface area (Å²) < 4.78 is 10.8. The number of hydrogen-bond acceptors (Lipinski definition) is 5. The van der Waals surface area contributed by atoms with E-state index in [0.29, 0.717) is 29.3 Å². The minimum Gasteiger partial charge on any atom is -0.494 e. The standard InChI is InChI=1S/C21H20N2O5/c1-3-27-15-9-10-18-16(11-15)19(17(12-22-18)21(26)28-4-2)23-14-7-5-13(6-8-14)20(24)25/h5-12H,3-4H2,1-2H3,(H,22,23)(H,24,25)/p+1. The fraction of sp³-hybridized carbons (Fsp3) is 0.190. The molecule has 0 aliphatic heterocycles. The summed E-state index contributed by atoms with van der Waals surface area (Å²) in [4.78, 5) is 26.6. The van der Waals surface area contributed by atoms with Crippen LogP contribution >= 0.6 is 0 Å². The Balaban J connectivity index is 2.11. The van der Waals surface area contributed by atoms with Crippen LogP contribution in [0.15, 0.2) is 48.7 Å². The van der Waals surface area contributed by atoms with Crippen molar-refractivity contribution in [2.75, 3.05) is 18.5 Å². The highest BCUT2D eigenvalue weighted by atomic mass is 16.5. The lowest BCUT2D eigenvalue weighted by molar-refractivity contribution is -0.344. The maximum absolute atomic E-state index is 12.5. The van der Waals surface area contributed by atoms with Crippen LogP contribution in [-0.4, -0.2) is 30.3 Å². The number of benzene rings is 2. The van der Waals surface area contributed by atoms with Gasteiger partial charge in [-0.15, -0.1) is 0 Å². The normalized spacial score (nSPS) is 10.5. The van der Waals surface area contributed by atoms with Crippen molar-refractivity contribution < 1.29 is 29.2 Å². The van der Waals surface area contributed by atoms with E-state index in [1.165, 1.54) is 12.1 Å². The van der Waals surface area contributed by atoms with Crippen molar-refractivity contribution in [3.8, 4) is 5.75 Å². The van der Waals surface area contributed by atoms with Crippen molar-refractivity contribution in [1.82, 2.24) is 0 Å². The number of ether oxygens (including phenoxy) is 2. The van der Waals surface area contributed by atoms with Gasteiger partial charge in [0.15, 0.2) is 6.20 Å². The molecule has 7 nitrogen and oxygen atoms in total. The summed E-state index contributed by atoms with van der Waals surface area (Å²) in [5.41, 5.74) is 2.52. The maximum Gasteiger partial charge on any atom is 0.346 e. The van der Waals surface area contributed by atoms with E-state index in [2.05, 4.69) is 10.3 Å². The number of aromatic nitrogens is 1. The lowest BCUT2D eigenvalue weighted by Gasteiger charge is -2.13. The number of anilines is 2. The zero-order valence-electron chi connectivity index (χ0n) is 15.6. The molecule has 0 aliphatic carbocycles. The van der Waals surface area contributed by atoms with E-state index in [9.17, 15) is 9.59 Å². The zero-order chi connectivity index (χ0) is 20.1. The Morgan fingerprint density at radius 1 is 1.07 bits per heavy atom. The van der Waals surface area contributed by atoms with Gasteiger partial charge in [0, 0.05) is 11.8 Å². The van der Waals surface area contributed by atoms with E-state index in [1.54, 1.807) is 25.3 Å². The van der Waals surface area contributed by atoms with Gasteiger partial charge in [0.25, 0.3) is 0 Å². The van der Waals surface area contributed by atoms with Gasteiger partial charge in [-0.1, -0.05) is 0 Å². The lowest BCUT2D eigenvalue weighted by atomic mass is 10.1. The average molecular weight is 381 g/mol. The molecule has 3 rings (SSSR count). The first-order chi connectivity index (χ1) is 13.5. The molecule has 2 aromatic carbocycles. The van der Waals surface area contributed by atoms with Crippen molar-refractivity contribution in [3.63, 3.8) is 0 Å². The van der Waals surface area contributed by atoms with E-state index in [1.807, 2.05) is 25.1 Å². The third kappa shape index (κ3) is 4.03. The predicted molar refractivity (Wildman–Crippen MR) is 104 cm³/mol. The van der Waals surface area contributed by atoms with Crippen LogP contribution in [0.4, 0.5) is 11.4 Å². The van der Waals surface area contributed by atoms with Crippen LogP contribution in [-0.2, 0) is 4.74 Å². The molecule has 1 heterocycles. The van der Waals surface area contributed by atoms with Gasteiger partial charge >= 0.3 is 11.9 Å². The number of pyridine rings is 1. The number of esters is 1. The van der Waals surface area contributed by atoms with Gasteiger partial charge in [-0.05, 0) is 50.2 Å².